The first-order chi connectivity index (χ1) is 5.55. The molecule has 1 nitrogen and oxygen atoms in total. The molecule has 0 aromatic carbocycles. The highest BCUT2D eigenvalue weighted by molar-refractivity contribution is 5.89. The van der Waals surface area contributed by atoms with Gasteiger partial charge in [-0.3, -0.25) is 4.79 Å². The number of carbonyl (C=O) groups excluding carboxylic acids is 1. The first-order valence-corrected chi connectivity index (χ1v) is 4.78. The Balaban J connectivity index is 2.41. The molecule has 0 amide bonds. The van der Waals surface area contributed by atoms with Gasteiger partial charge >= 0.3 is 0 Å². The maximum atomic E-state index is 11.7. The summed E-state index contributed by atoms with van der Waals surface area (Å²) in [6, 6.07) is 0. The minimum absolute atomic E-state index is 0.142. The van der Waals surface area contributed by atoms with Gasteiger partial charge in [0.2, 0.25) is 0 Å². The van der Waals surface area contributed by atoms with Gasteiger partial charge in [-0.05, 0) is 31.6 Å². The second kappa shape index (κ2) is 2.21. The fourth-order valence-corrected chi connectivity index (χ4v) is 2.79. The molecule has 2 bridgehead atoms. The highest BCUT2D eigenvalue weighted by Gasteiger charge is 2.50. The third-order valence-electron chi connectivity index (χ3n) is 3.92. The molecular formula is C11H16O. The van der Waals surface area contributed by atoms with E-state index >= 15 is 0 Å². The van der Waals surface area contributed by atoms with Crippen molar-refractivity contribution >= 4 is 5.78 Å². The van der Waals surface area contributed by atoms with Gasteiger partial charge in [0.25, 0.3) is 0 Å². The lowest BCUT2D eigenvalue weighted by atomic mass is 9.69. The summed E-state index contributed by atoms with van der Waals surface area (Å²) < 4.78 is 0. The predicted octanol–water partition coefficient (Wildman–Crippen LogP) is 2.57. The zero-order chi connectivity index (χ0) is 8.93. The van der Waals surface area contributed by atoms with E-state index in [-0.39, 0.29) is 5.41 Å². The van der Waals surface area contributed by atoms with Crippen LogP contribution in [0.15, 0.2) is 12.2 Å². The molecule has 0 aliphatic heterocycles. The quantitative estimate of drug-likeness (QED) is 0.503. The van der Waals surface area contributed by atoms with Gasteiger partial charge in [0.1, 0.15) is 5.78 Å². The summed E-state index contributed by atoms with van der Waals surface area (Å²) in [6.45, 7) is 8.34. The maximum absolute atomic E-state index is 11.7. The smallest absolute Gasteiger partial charge is 0.143 e. The van der Waals surface area contributed by atoms with Crippen molar-refractivity contribution in [2.45, 2.75) is 33.1 Å². The van der Waals surface area contributed by atoms with Gasteiger partial charge in [0.05, 0.1) is 0 Å². The Labute approximate surface area is 73.8 Å². The molecule has 0 aromatic rings. The number of Topliss-reactive ketones (excluding diaryl/α,β-unsaturated/α-hetero) is 1. The van der Waals surface area contributed by atoms with Crippen LogP contribution in [-0.2, 0) is 4.79 Å². The Morgan fingerprint density at radius 2 is 2.25 bits per heavy atom. The Morgan fingerprint density at radius 1 is 1.58 bits per heavy atom. The van der Waals surface area contributed by atoms with Crippen LogP contribution < -0.4 is 0 Å². The van der Waals surface area contributed by atoms with E-state index in [1.54, 1.807) is 0 Å². The lowest BCUT2D eigenvalue weighted by molar-refractivity contribution is -0.127. The molecule has 12 heavy (non-hydrogen) atoms. The third-order valence-corrected chi connectivity index (χ3v) is 3.92. The molecule has 2 aliphatic rings. The summed E-state index contributed by atoms with van der Waals surface area (Å²) in [6.07, 6.45) is 3.00. The van der Waals surface area contributed by atoms with Crippen molar-refractivity contribution in [2.24, 2.45) is 17.3 Å². The number of rotatable bonds is 0. The lowest BCUT2D eigenvalue weighted by Crippen LogP contribution is -2.34. The van der Waals surface area contributed by atoms with Gasteiger partial charge in [0.15, 0.2) is 0 Å². The molecule has 0 aromatic heterocycles. The minimum Gasteiger partial charge on any atom is -0.299 e. The maximum Gasteiger partial charge on any atom is 0.143 e. The Morgan fingerprint density at radius 3 is 2.92 bits per heavy atom. The molecule has 2 fully saturated rings. The van der Waals surface area contributed by atoms with Crippen molar-refractivity contribution in [1.29, 1.82) is 0 Å². The van der Waals surface area contributed by atoms with Gasteiger partial charge in [-0.1, -0.05) is 19.1 Å². The highest BCUT2D eigenvalue weighted by atomic mass is 16.1. The topological polar surface area (TPSA) is 17.1 Å². The van der Waals surface area contributed by atoms with Crippen LogP contribution >= 0.6 is 0 Å². The highest BCUT2D eigenvalue weighted by Crippen LogP contribution is 2.54. The molecule has 2 saturated carbocycles. The van der Waals surface area contributed by atoms with Crippen LogP contribution in [0.3, 0.4) is 0 Å². The van der Waals surface area contributed by atoms with E-state index in [1.807, 2.05) is 0 Å². The number of hydrogen-bond donors (Lipinski definition) is 0. The van der Waals surface area contributed by atoms with Crippen molar-refractivity contribution in [3.8, 4) is 0 Å². The summed E-state index contributed by atoms with van der Waals surface area (Å²) in [7, 11) is 0. The molecule has 2 rings (SSSR count). The predicted molar refractivity (Wildman–Crippen MR) is 48.8 cm³/mol. The number of carbonyl (C=O) groups is 1. The molecule has 0 spiro atoms. The molecule has 66 valence electrons. The fraction of sp³-hybridized carbons (Fsp3) is 0.727. The largest absolute Gasteiger partial charge is 0.299 e. The Kier molecular flexibility index (Phi) is 1.48. The monoisotopic (exact) mass is 164 g/mol. The van der Waals surface area contributed by atoms with Crippen LogP contribution in [0.1, 0.15) is 33.1 Å². The minimum atomic E-state index is -0.142. The molecule has 2 aliphatic carbocycles. The summed E-state index contributed by atoms with van der Waals surface area (Å²) in [5.74, 6) is 1.60. The first-order valence-electron chi connectivity index (χ1n) is 4.78. The van der Waals surface area contributed by atoms with Gasteiger partial charge in [-0.2, -0.15) is 0 Å². The number of fused-ring (bicyclic) bond motifs is 2. The van der Waals surface area contributed by atoms with Crippen LogP contribution in [0.4, 0.5) is 0 Å². The molecule has 0 heterocycles. The first kappa shape index (κ1) is 8.03. The second-order valence-electron chi connectivity index (χ2n) is 4.61. The summed E-state index contributed by atoms with van der Waals surface area (Å²) in [4.78, 5) is 11.7. The van der Waals surface area contributed by atoms with E-state index in [0.717, 1.165) is 12.8 Å². The van der Waals surface area contributed by atoms with E-state index in [4.69, 9.17) is 0 Å². The molecule has 0 unspecified atom stereocenters. The fourth-order valence-electron chi connectivity index (χ4n) is 2.79. The van der Waals surface area contributed by atoms with Crippen molar-refractivity contribution in [3.05, 3.63) is 12.2 Å². The van der Waals surface area contributed by atoms with Crippen molar-refractivity contribution < 1.29 is 4.79 Å². The second-order valence-corrected chi connectivity index (χ2v) is 4.61. The Hall–Kier alpha value is -0.590. The summed E-state index contributed by atoms with van der Waals surface area (Å²) >= 11 is 0. The van der Waals surface area contributed by atoms with E-state index in [9.17, 15) is 4.79 Å². The molecular weight excluding hydrogens is 148 g/mol. The zero-order valence-electron chi connectivity index (χ0n) is 7.89. The summed E-state index contributed by atoms with van der Waals surface area (Å²) in [5, 5.41) is 0. The van der Waals surface area contributed by atoms with E-state index < -0.39 is 0 Å². The van der Waals surface area contributed by atoms with E-state index in [2.05, 4.69) is 20.4 Å². The lowest BCUT2D eigenvalue weighted by Gasteiger charge is -2.34. The van der Waals surface area contributed by atoms with Crippen LogP contribution in [-0.4, -0.2) is 5.78 Å². The number of ketones is 1. The zero-order valence-corrected chi connectivity index (χ0v) is 7.89. The molecule has 0 saturated heterocycles. The van der Waals surface area contributed by atoms with E-state index in [0.29, 0.717) is 17.6 Å². The summed E-state index contributed by atoms with van der Waals surface area (Å²) in [5.41, 5.74) is 1.07. The van der Waals surface area contributed by atoms with Gasteiger partial charge in [0, 0.05) is 11.8 Å². The third kappa shape index (κ3) is 0.769. The molecule has 0 N–H and O–H groups in total. The van der Waals surface area contributed by atoms with E-state index in [1.165, 1.54) is 12.0 Å². The average Bonchev–Trinajstić information content (AvgIpc) is 2.23. The standard InChI is InChI=1S/C11H16O/c1-7-6-10(12)11(3)5-4-9(7)8(11)2/h7,9H,2,4-6H2,1,3H3/t7-,9-,11-/m0/s1. The molecule has 1 heteroatoms. The average molecular weight is 164 g/mol. The normalized spacial score (nSPS) is 46.8. The number of allylic oxidation sites excluding steroid dienone is 1. The Bertz CT molecular complexity index is 254. The van der Waals surface area contributed by atoms with Crippen molar-refractivity contribution in [2.75, 3.05) is 0 Å². The van der Waals surface area contributed by atoms with Crippen LogP contribution in [0, 0.1) is 17.3 Å². The van der Waals surface area contributed by atoms with Crippen LogP contribution in [0.5, 0.6) is 0 Å². The number of hydrogen-bond acceptors (Lipinski definition) is 1. The van der Waals surface area contributed by atoms with Crippen molar-refractivity contribution in [3.63, 3.8) is 0 Å². The van der Waals surface area contributed by atoms with Crippen LogP contribution in [0.25, 0.3) is 0 Å². The van der Waals surface area contributed by atoms with Gasteiger partial charge < -0.3 is 0 Å². The van der Waals surface area contributed by atoms with Crippen LogP contribution in [0.2, 0.25) is 0 Å². The van der Waals surface area contributed by atoms with Gasteiger partial charge in [-0.25, -0.2) is 0 Å². The van der Waals surface area contributed by atoms with Crippen molar-refractivity contribution in [1.82, 2.24) is 0 Å². The SMILES string of the molecule is C=C1[C@H]2CC[C@]1(C)C(=O)C[C@@H]2C. The molecule has 0 radical (unpaired) electrons. The molecule has 3 atom stereocenters. The van der Waals surface area contributed by atoms with Gasteiger partial charge in [-0.15, -0.1) is 0 Å².